The van der Waals surface area contributed by atoms with Crippen LogP contribution in [-0.2, 0) is 4.74 Å². The molecule has 0 aromatic heterocycles. The summed E-state index contributed by atoms with van der Waals surface area (Å²) in [6, 6.07) is 0. The first-order chi connectivity index (χ1) is 7.59. The standard InChI is InChI=1S/C13H24N2O/c1-5-8-11-13(2,3)14(4)15(11)12-9-6-7-10-16-12/h8,12H,5-7,9-10H2,1-4H3/b11-8+. The van der Waals surface area contributed by atoms with E-state index < -0.39 is 0 Å². The molecule has 16 heavy (non-hydrogen) atoms. The fourth-order valence-corrected chi connectivity index (χ4v) is 2.63. The Bertz CT molecular complexity index is 280. The van der Waals surface area contributed by atoms with Gasteiger partial charge in [0.15, 0.2) is 0 Å². The van der Waals surface area contributed by atoms with E-state index in [9.17, 15) is 0 Å². The van der Waals surface area contributed by atoms with Crippen LogP contribution in [0.15, 0.2) is 11.8 Å². The average molecular weight is 224 g/mol. The number of rotatable bonds is 2. The molecule has 0 bridgehead atoms. The van der Waals surface area contributed by atoms with Crippen LogP contribution >= 0.6 is 0 Å². The summed E-state index contributed by atoms with van der Waals surface area (Å²) in [6.07, 6.45) is 7.35. The second-order valence-electron chi connectivity index (χ2n) is 5.25. The molecule has 0 aliphatic carbocycles. The third kappa shape index (κ3) is 1.76. The topological polar surface area (TPSA) is 15.7 Å². The Kier molecular flexibility index (Phi) is 3.27. The Hall–Kier alpha value is -0.540. The Balaban J connectivity index is 2.11. The SMILES string of the molecule is CC/C=C1/N(C2CCCCO2)N(C)C1(C)C. The fourth-order valence-electron chi connectivity index (χ4n) is 2.63. The maximum atomic E-state index is 5.87. The molecule has 0 aromatic carbocycles. The minimum atomic E-state index is 0.164. The fraction of sp³-hybridized carbons (Fsp3) is 0.846. The highest BCUT2D eigenvalue weighted by Crippen LogP contribution is 2.42. The largest absolute Gasteiger partial charge is 0.357 e. The third-order valence-corrected chi connectivity index (χ3v) is 3.83. The van der Waals surface area contributed by atoms with Crippen molar-refractivity contribution in [3.63, 3.8) is 0 Å². The van der Waals surface area contributed by atoms with Gasteiger partial charge in [-0.25, -0.2) is 5.01 Å². The highest BCUT2D eigenvalue weighted by atomic mass is 16.5. The molecule has 3 heteroatoms. The van der Waals surface area contributed by atoms with Crippen LogP contribution in [0.1, 0.15) is 46.5 Å². The molecule has 1 atom stereocenters. The molecule has 2 aliphatic rings. The quantitative estimate of drug-likeness (QED) is 0.717. The van der Waals surface area contributed by atoms with Crippen LogP contribution in [-0.4, -0.2) is 35.4 Å². The van der Waals surface area contributed by atoms with Crippen LogP contribution in [0.5, 0.6) is 0 Å². The summed E-state index contributed by atoms with van der Waals surface area (Å²) >= 11 is 0. The van der Waals surface area contributed by atoms with Gasteiger partial charge in [-0.05, 0) is 39.5 Å². The molecule has 0 aromatic rings. The highest BCUT2D eigenvalue weighted by Gasteiger charge is 2.48. The minimum absolute atomic E-state index is 0.164. The molecule has 92 valence electrons. The van der Waals surface area contributed by atoms with E-state index in [0.29, 0.717) is 0 Å². The molecule has 0 amide bonds. The van der Waals surface area contributed by atoms with Crippen molar-refractivity contribution >= 4 is 0 Å². The number of hydrogen-bond acceptors (Lipinski definition) is 3. The Labute approximate surface area is 99.0 Å². The molecule has 2 heterocycles. The summed E-state index contributed by atoms with van der Waals surface area (Å²) in [4.78, 5) is 0. The number of hydrogen-bond donors (Lipinski definition) is 0. The average Bonchev–Trinajstić information content (AvgIpc) is 2.30. The zero-order valence-electron chi connectivity index (χ0n) is 11.0. The maximum Gasteiger partial charge on any atom is 0.144 e. The van der Waals surface area contributed by atoms with E-state index in [-0.39, 0.29) is 11.8 Å². The van der Waals surface area contributed by atoms with Crippen molar-refractivity contribution in [1.82, 2.24) is 10.0 Å². The number of likely N-dealkylation sites (N-methyl/N-ethyl adjacent to an activating group) is 1. The summed E-state index contributed by atoms with van der Waals surface area (Å²) < 4.78 is 5.87. The summed E-state index contributed by atoms with van der Waals surface area (Å²) in [7, 11) is 2.16. The number of allylic oxidation sites excluding steroid dienone is 1. The first-order valence-corrected chi connectivity index (χ1v) is 6.44. The molecule has 2 fully saturated rings. The van der Waals surface area contributed by atoms with Crippen molar-refractivity contribution < 1.29 is 4.74 Å². The zero-order chi connectivity index (χ0) is 11.8. The van der Waals surface area contributed by atoms with E-state index in [2.05, 4.69) is 43.9 Å². The Morgan fingerprint density at radius 1 is 1.44 bits per heavy atom. The lowest BCUT2D eigenvalue weighted by molar-refractivity contribution is -0.239. The van der Waals surface area contributed by atoms with Crippen LogP contribution in [0.25, 0.3) is 0 Å². The van der Waals surface area contributed by atoms with Gasteiger partial charge in [-0.1, -0.05) is 13.0 Å². The lowest BCUT2D eigenvalue weighted by atomic mass is 9.91. The Morgan fingerprint density at radius 2 is 2.19 bits per heavy atom. The van der Waals surface area contributed by atoms with Crippen LogP contribution in [0.4, 0.5) is 0 Å². The van der Waals surface area contributed by atoms with Crippen LogP contribution in [0.3, 0.4) is 0 Å². The van der Waals surface area contributed by atoms with E-state index in [1.165, 1.54) is 18.5 Å². The molecule has 0 radical (unpaired) electrons. The molecule has 3 nitrogen and oxygen atoms in total. The molecule has 2 saturated heterocycles. The van der Waals surface area contributed by atoms with Crippen LogP contribution in [0.2, 0.25) is 0 Å². The van der Waals surface area contributed by atoms with Gasteiger partial charge in [0.2, 0.25) is 0 Å². The van der Waals surface area contributed by atoms with Crippen molar-refractivity contribution in [2.24, 2.45) is 0 Å². The van der Waals surface area contributed by atoms with E-state index in [1.807, 2.05) is 0 Å². The van der Waals surface area contributed by atoms with E-state index >= 15 is 0 Å². The van der Waals surface area contributed by atoms with Crippen LogP contribution in [0, 0.1) is 0 Å². The van der Waals surface area contributed by atoms with Gasteiger partial charge in [-0.2, -0.15) is 0 Å². The van der Waals surface area contributed by atoms with Gasteiger partial charge < -0.3 is 4.74 Å². The normalized spacial score (nSPS) is 32.9. The molecule has 2 aliphatic heterocycles. The third-order valence-electron chi connectivity index (χ3n) is 3.83. The number of nitrogens with zero attached hydrogens (tertiary/aromatic N) is 2. The van der Waals surface area contributed by atoms with Crippen molar-refractivity contribution in [3.8, 4) is 0 Å². The van der Waals surface area contributed by atoms with Gasteiger partial charge in [0.25, 0.3) is 0 Å². The molecule has 0 saturated carbocycles. The summed E-state index contributed by atoms with van der Waals surface area (Å²) in [5, 5.41) is 4.65. The highest BCUT2D eigenvalue weighted by molar-refractivity contribution is 5.24. The molecular formula is C13H24N2O. The summed E-state index contributed by atoms with van der Waals surface area (Å²) in [5.41, 5.74) is 1.58. The molecule has 2 rings (SSSR count). The lowest BCUT2D eigenvalue weighted by Crippen LogP contribution is -2.69. The van der Waals surface area contributed by atoms with Crippen LogP contribution < -0.4 is 0 Å². The summed E-state index contributed by atoms with van der Waals surface area (Å²) in [5.74, 6) is 0. The number of hydrazine groups is 1. The maximum absolute atomic E-state index is 5.87. The molecule has 0 spiro atoms. The molecule has 0 N–H and O–H groups in total. The van der Waals surface area contributed by atoms with Crippen molar-refractivity contribution in [3.05, 3.63) is 11.8 Å². The van der Waals surface area contributed by atoms with Gasteiger partial charge in [-0.15, -0.1) is 0 Å². The van der Waals surface area contributed by atoms with Gasteiger partial charge in [0.05, 0.1) is 11.2 Å². The Morgan fingerprint density at radius 3 is 2.75 bits per heavy atom. The van der Waals surface area contributed by atoms with E-state index in [1.54, 1.807) is 0 Å². The zero-order valence-corrected chi connectivity index (χ0v) is 11.0. The summed E-state index contributed by atoms with van der Waals surface area (Å²) in [6.45, 7) is 7.65. The van der Waals surface area contributed by atoms with Gasteiger partial charge in [0.1, 0.15) is 6.23 Å². The first-order valence-electron chi connectivity index (χ1n) is 6.44. The number of ether oxygens (including phenoxy) is 1. The lowest BCUT2D eigenvalue weighted by Gasteiger charge is -2.61. The van der Waals surface area contributed by atoms with E-state index in [4.69, 9.17) is 4.74 Å². The van der Waals surface area contributed by atoms with Crippen molar-refractivity contribution in [2.45, 2.75) is 58.2 Å². The monoisotopic (exact) mass is 224 g/mol. The molecule has 1 unspecified atom stereocenters. The first kappa shape index (κ1) is 11.9. The second kappa shape index (κ2) is 4.38. The predicted molar refractivity (Wildman–Crippen MR) is 65.6 cm³/mol. The predicted octanol–water partition coefficient (Wildman–Crippen LogP) is 2.75. The smallest absolute Gasteiger partial charge is 0.144 e. The van der Waals surface area contributed by atoms with Gasteiger partial charge >= 0.3 is 0 Å². The van der Waals surface area contributed by atoms with E-state index in [0.717, 1.165) is 19.4 Å². The second-order valence-corrected chi connectivity index (χ2v) is 5.25. The van der Waals surface area contributed by atoms with Gasteiger partial charge in [-0.3, -0.25) is 5.01 Å². The van der Waals surface area contributed by atoms with Crippen molar-refractivity contribution in [1.29, 1.82) is 0 Å². The van der Waals surface area contributed by atoms with Crippen molar-refractivity contribution in [2.75, 3.05) is 13.7 Å². The molecular weight excluding hydrogens is 200 g/mol. The minimum Gasteiger partial charge on any atom is -0.357 e. The van der Waals surface area contributed by atoms with Gasteiger partial charge in [0, 0.05) is 13.7 Å².